The number of benzene rings is 1. The summed E-state index contributed by atoms with van der Waals surface area (Å²) in [6, 6.07) is 6.01. The Morgan fingerprint density at radius 1 is 1.50 bits per heavy atom. The predicted molar refractivity (Wildman–Crippen MR) is 73.2 cm³/mol. The average Bonchev–Trinajstić information content (AvgIpc) is 2.39. The van der Waals surface area contributed by atoms with Crippen molar-refractivity contribution in [1.82, 2.24) is 0 Å². The van der Waals surface area contributed by atoms with E-state index in [2.05, 4.69) is 11.0 Å². The summed E-state index contributed by atoms with van der Waals surface area (Å²) in [5.41, 5.74) is 3.00. The number of hydrogen-bond donors (Lipinski definition) is 1. The van der Waals surface area contributed by atoms with Crippen LogP contribution < -0.4 is 4.90 Å². The Balaban J connectivity index is 2.10. The Morgan fingerprint density at radius 3 is 3.00 bits per heavy atom. The Hall–Kier alpha value is -1.35. The number of aliphatic hydroxyl groups is 1. The summed E-state index contributed by atoms with van der Waals surface area (Å²) in [7, 11) is 0. The molecular weight excluding hydrogens is 226 g/mol. The summed E-state index contributed by atoms with van der Waals surface area (Å²) in [5, 5.41) is 9.03. The molecule has 1 aliphatic heterocycles. The third kappa shape index (κ3) is 2.91. The van der Waals surface area contributed by atoms with Gasteiger partial charge in [-0.15, -0.1) is 0 Å². The van der Waals surface area contributed by atoms with E-state index in [0.717, 1.165) is 36.9 Å². The van der Waals surface area contributed by atoms with Crippen LogP contribution in [0.4, 0.5) is 5.69 Å². The van der Waals surface area contributed by atoms with Crippen molar-refractivity contribution in [2.24, 2.45) is 5.92 Å². The van der Waals surface area contributed by atoms with Gasteiger partial charge in [-0.05, 0) is 55.9 Å². The minimum Gasteiger partial charge on any atom is -0.396 e. The fourth-order valence-electron chi connectivity index (χ4n) is 2.71. The summed E-state index contributed by atoms with van der Waals surface area (Å²) in [5.74, 6) is 0.592. The molecule has 18 heavy (non-hydrogen) atoms. The number of aliphatic hydroxyl groups excluding tert-OH is 1. The van der Waals surface area contributed by atoms with E-state index in [0.29, 0.717) is 5.92 Å². The highest BCUT2D eigenvalue weighted by Crippen LogP contribution is 2.26. The fraction of sp³-hybridized carbons (Fsp3) is 0.533. The molecule has 0 saturated carbocycles. The lowest BCUT2D eigenvalue weighted by Crippen LogP contribution is -2.35. The molecule has 0 spiro atoms. The highest BCUT2D eigenvalue weighted by Gasteiger charge is 2.19. The van der Waals surface area contributed by atoms with E-state index in [1.807, 2.05) is 19.1 Å². The SMILES string of the molecule is Cc1cc(N2CCCC(CCO)C2)ccc1C=O. The molecular formula is C15H21NO2. The molecule has 1 aromatic carbocycles. The van der Waals surface area contributed by atoms with Crippen LogP contribution in [0.1, 0.15) is 35.2 Å². The average molecular weight is 247 g/mol. The van der Waals surface area contributed by atoms with Crippen molar-refractivity contribution in [3.05, 3.63) is 29.3 Å². The summed E-state index contributed by atoms with van der Waals surface area (Å²) >= 11 is 0. The van der Waals surface area contributed by atoms with E-state index in [9.17, 15) is 4.79 Å². The van der Waals surface area contributed by atoms with Gasteiger partial charge in [-0.1, -0.05) is 0 Å². The van der Waals surface area contributed by atoms with E-state index in [1.54, 1.807) is 0 Å². The molecule has 3 nitrogen and oxygen atoms in total. The Kier molecular flexibility index (Phi) is 4.37. The van der Waals surface area contributed by atoms with Gasteiger partial charge in [-0.25, -0.2) is 0 Å². The maximum atomic E-state index is 10.8. The first-order valence-electron chi connectivity index (χ1n) is 6.66. The zero-order chi connectivity index (χ0) is 13.0. The predicted octanol–water partition coefficient (Wildman–Crippen LogP) is 2.41. The zero-order valence-corrected chi connectivity index (χ0v) is 10.9. The van der Waals surface area contributed by atoms with Gasteiger partial charge >= 0.3 is 0 Å². The summed E-state index contributed by atoms with van der Waals surface area (Å²) in [6.45, 7) is 4.34. The van der Waals surface area contributed by atoms with Gasteiger partial charge in [0.15, 0.2) is 0 Å². The number of carbonyl (C=O) groups excluding carboxylic acids is 1. The Bertz CT molecular complexity index is 415. The van der Waals surface area contributed by atoms with Gasteiger partial charge in [0.2, 0.25) is 0 Å². The normalized spacial score (nSPS) is 19.9. The van der Waals surface area contributed by atoms with E-state index < -0.39 is 0 Å². The number of anilines is 1. The van der Waals surface area contributed by atoms with Crippen molar-refractivity contribution in [2.75, 3.05) is 24.6 Å². The molecule has 1 N–H and O–H groups in total. The third-order valence-electron chi connectivity index (χ3n) is 3.80. The van der Waals surface area contributed by atoms with Crippen molar-refractivity contribution in [2.45, 2.75) is 26.2 Å². The molecule has 0 radical (unpaired) electrons. The number of nitrogens with zero attached hydrogens (tertiary/aromatic N) is 1. The number of aryl methyl sites for hydroxylation is 1. The smallest absolute Gasteiger partial charge is 0.150 e. The topological polar surface area (TPSA) is 40.5 Å². The second-order valence-corrected chi connectivity index (χ2v) is 5.13. The highest BCUT2D eigenvalue weighted by atomic mass is 16.3. The lowest BCUT2D eigenvalue weighted by atomic mass is 9.94. The molecule has 0 amide bonds. The number of hydrogen-bond acceptors (Lipinski definition) is 3. The number of carbonyl (C=O) groups is 1. The van der Waals surface area contributed by atoms with Crippen molar-refractivity contribution in [1.29, 1.82) is 0 Å². The van der Waals surface area contributed by atoms with E-state index in [1.165, 1.54) is 18.5 Å². The van der Waals surface area contributed by atoms with Crippen LogP contribution >= 0.6 is 0 Å². The minimum absolute atomic E-state index is 0.279. The molecule has 1 heterocycles. The molecule has 1 atom stereocenters. The largest absolute Gasteiger partial charge is 0.396 e. The van der Waals surface area contributed by atoms with Gasteiger partial charge in [0, 0.05) is 30.9 Å². The van der Waals surface area contributed by atoms with Crippen LogP contribution in [0.2, 0.25) is 0 Å². The number of aldehydes is 1. The fourth-order valence-corrected chi connectivity index (χ4v) is 2.71. The lowest BCUT2D eigenvalue weighted by Gasteiger charge is -2.34. The lowest BCUT2D eigenvalue weighted by molar-refractivity contribution is 0.112. The third-order valence-corrected chi connectivity index (χ3v) is 3.80. The van der Waals surface area contributed by atoms with Crippen LogP contribution in [-0.4, -0.2) is 31.1 Å². The highest BCUT2D eigenvalue weighted by molar-refractivity contribution is 5.78. The summed E-state index contributed by atoms with van der Waals surface area (Å²) < 4.78 is 0. The first-order chi connectivity index (χ1) is 8.74. The van der Waals surface area contributed by atoms with E-state index in [4.69, 9.17) is 5.11 Å². The summed E-state index contributed by atoms with van der Waals surface area (Å²) in [4.78, 5) is 13.2. The summed E-state index contributed by atoms with van der Waals surface area (Å²) in [6.07, 6.45) is 4.19. The van der Waals surface area contributed by atoms with Crippen LogP contribution in [0.15, 0.2) is 18.2 Å². The van der Waals surface area contributed by atoms with Crippen LogP contribution in [0.5, 0.6) is 0 Å². The monoisotopic (exact) mass is 247 g/mol. The van der Waals surface area contributed by atoms with Crippen LogP contribution in [0.25, 0.3) is 0 Å². The molecule has 1 fully saturated rings. The maximum absolute atomic E-state index is 10.8. The quantitative estimate of drug-likeness (QED) is 0.831. The van der Waals surface area contributed by atoms with E-state index >= 15 is 0 Å². The van der Waals surface area contributed by atoms with Gasteiger partial charge < -0.3 is 10.0 Å². The van der Waals surface area contributed by atoms with Gasteiger partial charge in [-0.2, -0.15) is 0 Å². The zero-order valence-electron chi connectivity index (χ0n) is 10.9. The molecule has 1 aromatic rings. The minimum atomic E-state index is 0.279. The molecule has 98 valence electrons. The molecule has 0 aromatic heterocycles. The van der Waals surface area contributed by atoms with Crippen molar-refractivity contribution < 1.29 is 9.90 Å². The Morgan fingerprint density at radius 2 is 2.33 bits per heavy atom. The molecule has 1 saturated heterocycles. The number of rotatable bonds is 4. The van der Waals surface area contributed by atoms with Crippen LogP contribution in [-0.2, 0) is 0 Å². The molecule has 0 aliphatic carbocycles. The van der Waals surface area contributed by atoms with Gasteiger partial charge in [0.1, 0.15) is 6.29 Å². The maximum Gasteiger partial charge on any atom is 0.150 e. The van der Waals surface area contributed by atoms with Gasteiger partial charge in [-0.3, -0.25) is 4.79 Å². The Labute approximate surface area is 108 Å². The second-order valence-electron chi connectivity index (χ2n) is 5.13. The first-order valence-corrected chi connectivity index (χ1v) is 6.66. The molecule has 2 rings (SSSR count). The molecule has 1 unspecified atom stereocenters. The van der Waals surface area contributed by atoms with Crippen molar-refractivity contribution in [3.8, 4) is 0 Å². The van der Waals surface area contributed by atoms with Crippen LogP contribution in [0.3, 0.4) is 0 Å². The molecule has 3 heteroatoms. The standard InChI is InChI=1S/C15H21NO2/c1-12-9-15(5-4-14(12)11-18)16-7-2-3-13(10-16)6-8-17/h4-5,9,11,13,17H,2-3,6-8,10H2,1H3. The first kappa shape index (κ1) is 13.1. The van der Waals surface area contributed by atoms with Gasteiger partial charge in [0.05, 0.1) is 0 Å². The van der Waals surface area contributed by atoms with E-state index in [-0.39, 0.29) is 6.61 Å². The number of piperidine rings is 1. The molecule has 0 bridgehead atoms. The van der Waals surface area contributed by atoms with Crippen molar-refractivity contribution in [3.63, 3.8) is 0 Å². The second kappa shape index (κ2) is 6.01. The van der Waals surface area contributed by atoms with Gasteiger partial charge in [0.25, 0.3) is 0 Å². The van der Waals surface area contributed by atoms with Crippen LogP contribution in [0, 0.1) is 12.8 Å². The van der Waals surface area contributed by atoms with Crippen molar-refractivity contribution >= 4 is 12.0 Å². The molecule has 1 aliphatic rings.